The Morgan fingerprint density at radius 3 is 2.41 bits per heavy atom. The Hall–Kier alpha value is -2.83. The second-order valence-corrected chi connectivity index (χ2v) is 6.72. The number of piperidine rings is 1. The van der Waals surface area contributed by atoms with Crippen LogP contribution in [0.5, 0.6) is 11.5 Å². The summed E-state index contributed by atoms with van der Waals surface area (Å²) in [6.45, 7) is 5.26. The van der Waals surface area contributed by atoms with E-state index in [-0.39, 0.29) is 5.91 Å². The fourth-order valence-electron chi connectivity index (χ4n) is 3.38. The highest BCUT2D eigenvalue weighted by Crippen LogP contribution is 2.28. The Labute approximate surface area is 159 Å². The number of anilines is 1. The maximum atomic E-state index is 12.8. The van der Waals surface area contributed by atoms with Crippen LogP contribution in [0.4, 0.5) is 5.82 Å². The first-order valence-electron chi connectivity index (χ1n) is 9.10. The van der Waals surface area contributed by atoms with Gasteiger partial charge in [-0.25, -0.2) is 9.97 Å². The lowest BCUT2D eigenvalue weighted by Crippen LogP contribution is -2.42. The summed E-state index contributed by atoms with van der Waals surface area (Å²) in [5, 5.41) is 3.47. The summed E-state index contributed by atoms with van der Waals surface area (Å²) in [5.41, 5.74) is 1.56. The van der Waals surface area contributed by atoms with E-state index in [0.717, 1.165) is 30.2 Å². The van der Waals surface area contributed by atoms with Gasteiger partial charge in [0.1, 0.15) is 11.6 Å². The zero-order valence-electron chi connectivity index (χ0n) is 16.3. The summed E-state index contributed by atoms with van der Waals surface area (Å²) in [4.78, 5) is 23.4. The number of hydrogen-bond acceptors (Lipinski definition) is 6. The van der Waals surface area contributed by atoms with Crippen molar-refractivity contribution in [1.82, 2.24) is 14.9 Å². The third kappa shape index (κ3) is 4.48. The largest absolute Gasteiger partial charge is 0.493 e. The number of rotatable bonds is 5. The summed E-state index contributed by atoms with van der Waals surface area (Å²) < 4.78 is 10.5. The molecule has 0 spiro atoms. The van der Waals surface area contributed by atoms with Crippen LogP contribution < -0.4 is 14.8 Å². The maximum Gasteiger partial charge on any atom is 0.253 e. The first-order valence-corrected chi connectivity index (χ1v) is 9.10. The average Bonchev–Trinajstić information content (AvgIpc) is 2.66. The highest BCUT2D eigenvalue weighted by molar-refractivity contribution is 5.95. The summed E-state index contributed by atoms with van der Waals surface area (Å²) in [6, 6.07) is 7.53. The van der Waals surface area contributed by atoms with Gasteiger partial charge < -0.3 is 19.7 Å². The van der Waals surface area contributed by atoms with Gasteiger partial charge in [0.2, 0.25) is 0 Å². The van der Waals surface area contributed by atoms with Gasteiger partial charge in [0.15, 0.2) is 11.5 Å². The van der Waals surface area contributed by atoms with E-state index >= 15 is 0 Å². The second-order valence-electron chi connectivity index (χ2n) is 6.72. The molecule has 0 saturated carbocycles. The Balaban J connectivity index is 1.61. The lowest BCUT2D eigenvalue weighted by molar-refractivity contribution is 0.0718. The Morgan fingerprint density at radius 2 is 1.78 bits per heavy atom. The molecule has 27 heavy (non-hydrogen) atoms. The number of carbonyl (C=O) groups is 1. The minimum absolute atomic E-state index is 0.0168. The van der Waals surface area contributed by atoms with Crippen LogP contribution >= 0.6 is 0 Å². The summed E-state index contributed by atoms with van der Waals surface area (Å²) in [5.74, 6) is 2.81. The topological polar surface area (TPSA) is 76.6 Å². The van der Waals surface area contributed by atoms with Crippen LogP contribution in [0.15, 0.2) is 24.3 Å². The fourth-order valence-corrected chi connectivity index (χ4v) is 3.38. The molecule has 1 aliphatic rings. The van der Waals surface area contributed by atoms with Crippen molar-refractivity contribution in [3.63, 3.8) is 0 Å². The van der Waals surface area contributed by atoms with Crippen LogP contribution in [-0.4, -0.2) is 54.1 Å². The molecular weight excluding hydrogens is 344 g/mol. The number of aromatic nitrogens is 2. The van der Waals surface area contributed by atoms with Crippen molar-refractivity contribution in [2.24, 2.45) is 0 Å². The van der Waals surface area contributed by atoms with Gasteiger partial charge in [0, 0.05) is 36.5 Å². The maximum absolute atomic E-state index is 12.8. The van der Waals surface area contributed by atoms with Gasteiger partial charge in [-0.05, 0) is 44.9 Å². The van der Waals surface area contributed by atoms with Crippen LogP contribution in [-0.2, 0) is 0 Å². The van der Waals surface area contributed by atoms with Crippen LogP contribution in [0.3, 0.4) is 0 Å². The predicted molar refractivity (Wildman–Crippen MR) is 104 cm³/mol. The van der Waals surface area contributed by atoms with Gasteiger partial charge in [-0.3, -0.25) is 4.79 Å². The molecule has 3 rings (SSSR count). The molecule has 7 nitrogen and oxygen atoms in total. The van der Waals surface area contributed by atoms with Gasteiger partial charge >= 0.3 is 0 Å². The number of aryl methyl sites for hydroxylation is 2. The van der Waals surface area contributed by atoms with Crippen molar-refractivity contribution < 1.29 is 14.3 Å². The first-order chi connectivity index (χ1) is 13.0. The number of nitrogens with one attached hydrogen (secondary N) is 1. The molecular formula is C20H26N4O3. The third-order valence-electron chi connectivity index (χ3n) is 4.73. The van der Waals surface area contributed by atoms with E-state index in [9.17, 15) is 4.79 Å². The van der Waals surface area contributed by atoms with E-state index in [1.54, 1.807) is 32.4 Å². The highest BCUT2D eigenvalue weighted by atomic mass is 16.5. The highest BCUT2D eigenvalue weighted by Gasteiger charge is 2.24. The molecule has 0 unspecified atom stereocenters. The molecule has 2 heterocycles. The molecule has 0 bridgehead atoms. The summed E-state index contributed by atoms with van der Waals surface area (Å²) >= 11 is 0. The summed E-state index contributed by atoms with van der Waals surface area (Å²) in [6.07, 6.45) is 1.75. The third-order valence-corrected chi connectivity index (χ3v) is 4.73. The van der Waals surface area contributed by atoms with E-state index in [4.69, 9.17) is 9.47 Å². The van der Waals surface area contributed by atoms with Crippen LogP contribution in [0.25, 0.3) is 0 Å². The Morgan fingerprint density at radius 1 is 1.07 bits per heavy atom. The van der Waals surface area contributed by atoms with Gasteiger partial charge in [0.25, 0.3) is 5.91 Å². The smallest absolute Gasteiger partial charge is 0.253 e. The molecule has 2 aromatic rings. The van der Waals surface area contributed by atoms with Gasteiger partial charge in [-0.15, -0.1) is 0 Å². The first kappa shape index (κ1) is 18.9. The second kappa shape index (κ2) is 8.24. The molecule has 1 aromatic heterocycles. The van der Waals surface area contributed by atoms with E-state index < -0.39 is 0 Å². The molecule has 0 aliphatic carbocycles. The number of ether oxygens (including phenoxy) is 2. The van der Waals surface area contributed by atoms with E-state index in [2.05, 4.69) is 15.3 Å². The van der Waals surface area contributed by atoms with E-state index in [0.29, 0.717) is 36.2 Å². The number of carbonyl (C=O) groups excluding carboxylic acids is 1. The predicted octanol–water partition coefficient (Wildman–Crippen LogP) is 2.83. The van der Waals surface area contributed by atoms with Crippen molar-refractivity contribution in [3.05, 3.63) is 41.3 Å². The molecule has 1 N–H and O–H groups in total. The number of nitrogens with zero attached hydrogens (tertiary/aromatic N) is 3. The Bertz CT molecular complexity index is 797. The van der Waals surface area contributed by atoms with Gasteiger partial charge in [0.05, 0.1) is 14.2 Å². The summed E-state index contributed by atoms with van der Waals surface area (Å²) in [7, 11) is 3.15. The Kier molecular flexibility index (Phi) is 5.78. The number of amides is 1. The SMILES string of the molecule is COc1ccc(C(=O)N2CCC(Nc3cc(C)nc(C)n3)CC2)cc1OC. The molecule has 0 radical (unpaired) electrons. The van der Waals surface area contributed by atoms with Crippen LogP contribution in [0, 0.1) is 13.8 Å². The van der Waals surface area contributed by atoms with Gasteiger partial charge in [-0.1, -0.05) is 0 Å². The van der Waals surface area contributed by atoms with Crippen molar-refractivity contribution in [1.29, 1.82) is 0 Å². The molecule has 1 aliphatic heterocycles. The normalized spacial score (nSPS) is 14.7. The van der Waals surface area contributed by atoms with Crippen LogP contribution in [0.1, 0.15) is 34.7 Å². The van der Waals surface area contributed by atoms with Crippen LogP contribution in [0.2, 0.25) is 0 Å². The van der Waals surface area contributed by atoms with Crippen molar-refractivity contribution in [2.45, 2.75) is 32.7 Å². The zero-order chi connectivity index (χ0) is 19.4. The molecule has 1 amide bonds. The van der Waals surface area contributed by atoms with Crippen molar-refractivity contribution in [2.75, 3.05) is 32.6 Å². The monoisotopic (exact) mass is 370 g/mol. The van der Waals surface area contributed by atoms with E-state index in [1.807, 2.05) is 24.8 Å². The lowest BCUT2D eigenvalue weighted by atomic mass is 10.0. The quantitative estimate of drug-likeness (QED) is 0.872. The number of methoxy groups -OCH3 is 2. The molecule has 1 saturated heterocycles. The number of benzene rings is 1. The number of likely N-dealkylation sites (tertiary alicyclic amines) is 1. The molecule has 1 aromatic carbocycles. The fraction of sp³-hybridized carbons (Fsp3) is 0.450. The minimum atomic E-state index is 0.0168. The average molecular weight is 370 g/mol. The van der Waals surface area contributed by atoms with Gasteiger partial charge in [-0.2, -0.15) is 0 Å². The molecule has 0 atom stereocenters. The van der Waals surface area contributed by atoms with E-state index in [1.165, 1.54) is 0 Å². The minimum Gasteiger partial charge on any atom is -0.493 e. The molecule has 7 heteroatoms. The van der Waals surface area contributed by atoms with Crippen molar-refractivity contribution in [3.8, 4) is 11.5 Å². The number of hydrogen-bond donors (Lipinski definition) is 1. The van der Waals surface area contributed by atoms with Crippen molar-refractivity contribution >= 4 is 11.7 Å². The zero-order valence-corrected chi connectivity index (χ0v) is 16.3. The lowest BCUT2D eigenvalue weighted by Gasteiger charge is -2.32. The standard InChI is InChI=1S/C20H26N4O3/c1-13-11-19(22-14(2)21-13)23-16-7-9-24(10-8-16)20(25)15-5-6-17(26-3)18(12-15)27-4/h5-6,11-12,16H,7-10H2,1-4H3,(H,21,22,23). The molecule has 144 valence electrons. The molecule has 1 fully saturated rings.